The molecule has 0 bridgehead atoms. The van der Waals surface area contributed by atoms with Crippen molar-refractivity contribution < 1.29 is 14.4 Å². The number of nitrogens with one attached hydrogen (secondary N) is 1. The predicted octanol–water partition coefficient (Wildman–Crippen LogP) is 5.61. The standard InChI is InChI=1S/C31H26N2O3/c34-28(17-18-33(22-15-16-22)19-21-9-5-8-20-7-1-2-10-23(20)21)32-27-14-6-13-26-29(27)31(36)25-12-4-3-11-24(25)30(26)35/h1-14,22H,15-19H2,(H,32,34). The highest BCUT2D eigenvalue weighted by atomic mass is 16.2. The molecule has 2 aliphatic rings. The van der Waals surface area contributed by atoms with Gasteiger partial charge in [0.25, 0.3) is 0 Å². The lowest BCUT2D eigenvalue weighted by Gasteiger charge is -2.23. The quantitative estimate of drug-likeness (QED) is 0.333. The summed E-state index contributed by atoms with van der Waals surface area (Å²) in [5.41, 5.74) is 3.08. The SMILES string of the molecule is O=C(CCN(Cc1cccc2ccccc12)C1CC1)Nc1cccc2c1C(=O)c1ccccc1C2=O. The first-order valence-corrected chi connectivity index (χ1v) is 12.4. The monoisotopic (exact) mass is 474 g/mol. The Kier molecular flexibility index (Phi) is 5.70. The van der Waals surface area contributed by atoms with Gasteiger partial charge in [-0.05, 0) is 35.2 Å². The molecular formula is C31H26N2O3. The van der Waals surface area contributed by atoms with Gasteiger partial charge in [0.1, 0.15) is 0 Å². The molecule has 4 aromatic rings. The van der Waals surface area contributed by atoms with Gasteiger partial charge in [-0.1, -0.05) is 78.9 Å². The van der Waals surface area contributed by atoms with Crippen molar-refractivity contribution in [3.63, 3.8) is 0 Å². The van der Waals surface area contributed by atoms with Gasteiger partial charge < -0.3 is 5.32 Å². The number of ketones is 2. The summed E-state index contributed by atoms with van der Waals surface area (Å²) < 4.78 is 0. The van der Waals surface area contributed by atoms with E-state index >= 15 is 0 Å². The van der Waals surface area contributed by atoms with Crippen LogP contribution in [-0.4, -0.2) is 35.0 Å². The number of benzene rings is 4. The second-order valence-electron chi connectivity index (χ2n) is 9.57. The molecule has 0 aromatic heterocycles. The van der Waals surface area contributed by atoms with Crippen LogP contribution in [0.1, 0.15) is 56.7 Å². The van der Waals surface area contributed by atoms with Crippen molar-refractivity contribution in [2.75, 3.05) is 11.9 Å². The highest BCUT2D eigenvalue weighted by Gasteiger charge is 2.32. The van der Waals surface area contributed by atoms with Crippen LogP contribution in [0.3, 0.4) is 0 Å². The first-order chi connectivity index (χ1) is 17.6. The lowest BCUT2D eigenvalue weighted by atomic mass is 9.83. The molecule has 4 aromatic carbocycles. The fourth-order valence-corrected chi connectivity index (χ4v) is 5.19. The van der Waals surface area contributed by atoms with Crippen molar-refractivity contribution in [2.24, 2.45) is 0 Å². The Morgan fingerprint density at radius 3 is 2.25 bits per heavy atom. The van der Waals surface area contributed by atoms with Gasteiger partial charge in [0.2, 0.25) is 5.91 Å². The predicted molar refractivity (Wildman–Crippen MR) is 140 cm³/mol. The molecule has 0 atom stereocenters. The molecule has 0 spiro atoms. The highest BCUT2D eigenvalue weighted by molar-refractivity contribution is 6.30. The van der Waals surface area contributed by atoms with Crippen LogP contribution in [0.4, 0.5) is 5.69 Å². The van der Waals surface area contributed by atoms with Crippen molar-refractivity contribution in [3.05, 3.63) is 113 Å². The Hall–Kier alpha value is -4.09. The van der Waals surface area contributed by atoms with E-state index < -0.39 is 0 Å². The summed E-state index contributed by atoms with van der Waals surface area (Å²) in [4.78, 5) is 41.6. The third-order valence-corrected chi connectivity index (χ3v) is 7.17. The van der Waals surface area contributed by atoms with E-state index in [1.165, 1.54) is 16.3 Å². The smallest absolute Gasteiger partial charge is 0.225 e. The first-order valence-electron chi connectivity index (χ1n) is 12.4. The molecule has 0 radical (unpaired) electrons. The van der Waals surface area contributed by atoms with Gasteiger partial charge in [-0.25, -0.2) is 0 Å². The second kappa shape index (κ2) is 9.17. The zero-order chi connectivity index (χ0) is 24.6. The summed E-state index contributed by atoms with van der Waals surface area (Å²) in [5, 5.41) is 5.39. The summed E-state index contributed by atoms with van der Waals surface area (Å²) in [6.45, 7) is 1.42. The van der Waals surface area contributed by atoms with Crippen LogP contribution in [0.25, 0.3) is 10.8 Å². The molecule has 5 heteroatoms. The summed E-state index contributed by atoms with van der Waals surface area (Å²) in [6.07, 6.45) is 2.60. The van der Waals surface area contributed by atoms with E-state index in [4.69, 9.17) is 0 Å². The summed E-state index contributed by atoms with van der Waals surface area (Å²) in [6, 6.07) is 27.2. The molecule has 1 saturated carbocycles. The van der Waals surface area contributed by atoms with Crippen LogP contribution < -0.4 is 5.32 Å². The molecule has 1 amide bonds. The van der Waals surface area contributed by atoms with Gasteiger partial charge >= 0.3 is 0 Å². The minimum Gasteiger partial charge on any atom is -0.325 e. The van der Waals surface area contributed by atoms with Crippen molar-refractivity contribution >= 4 is 33.9 Å². The maximum Gasteiger partial charge on any atom is 0.225 e. The van der Waals surface area contributed by atoms with Crippen molar-refractivity contribution in [3.8, 4) is 0 Å². The maximum atomic E-state index is 13.2. The molecule has 178 valence electrons. The molecule has 0 aliphatic heterocycles. The number of nitrogens with zero attached hydrogens (tertiary/aromatic N) is 1. The number of hydrogen-bond donors (Lipinski definition) is 1. The lowest BCUT2D eigenvalue weighted by molar-refractivity contribution is -0.116. The molecule has 6 rings (SSSR count). The maximum absolute atomic E-state index is 13.2. The average molecular weight is 475 g/mol. The third kappa shape index (κ3) is 4.12. The van der Waals surface area contributed by atoms with E-state index in [0.717, 1.165) is 19.4 Å². The van der Waals surface area contributed by atoms with Crippen LogP contribution in [0, 0.1) is 0 Å². The van der Waals surface area contributed by atoms with Gasteiger partial charge in [0.05, 0.1) is 11.3 Å². The number of rotatable bonds is 7. The highest BCUT2D eigenvalue weighted by Crippen LogP contribution is 2.33. The lowest BCUT2D eigenvalue weighted by Crippen LogP contribution is -2.30. The van der Waals surface area contributed by atoms with Gasteiger partial charge in [-0.2, -0.15) is 0 Å². The number of hydrogen-bond acceptors (Lipinski definition) is 4. The Labute approximate surface area is 209 Å². The Bertz CT molecular complexity index is 1510. The fourth-order valence-electron chi connectivity index (χ4n) is 5.19. The van der Waals surface area contributed by atoms with Crippen LogP contribution >= 0.6 is 0 Å². The van der Waals surface area contributed by atoms with E-state index in [1.54, 1.807) is 42.5 Å². The number of amides is 1. The van der Waals surface area contributed by atoms with Crippen LogP contribution in [0.5, 0.6) is 0 Å². The Balaban J connectivity index is 1.18. The second-order valence-corrected chi connectivity index (χ2v) is 9.57. The number of anilines is 1. The number of carbonyl (C=O) groups is 3. The fraction of sp³-hybridized carbons (Fsp3) is 0.194. The minimum atomic E-state index is -0.230. The minimum absolute atomic E-state index is 0.161. The molecule has 2 aliphatic carbocycles. The molecule has 36 heavy (non-hydrogen) atoms. The topological polar surface area (TPSA) is 66.5 Å². The van der Waals surface area contributed by atoms with Gasteiger partial charge in [-0.3, -0.25) is 19.3 Å². The van der Waals surface area contributed by atoms with Crippen molar-refractivity contribution in [2.45, 2.75) is 31.8 Å². The van der Waals surface area contributed by atoms with Crippen LogP contribution in [-0.2, 0) is 11.3 Å². The molecule has 0 heterocycles. The first kappa shape index (κ1) is 22.4. The van der Waals surface area contributed by atoms with Gasteiger partial charge in [0.15, 0.2) is 11.6 Å². The summed E-state index contributed by atoms with van der Waals surface area (Å²) >= 11 is 0. The number of fused-ring (bicyclic) bond motifs is 3. The molecule has 5 nitrogen and oxygen atoms in total. The zero-order valence-corrected chi connectivity index (χ0v) is 19.9. The molecule has 1 fully saturated rings. The average Bonchev–Trinajstić information content (AvgIpc) is 3.75. The van der Waals surface area contributed by atoms with Crippen LogP contribution in [0.2, 0.25) is 0 Å². The largest absolute Gasteiger partial charge is 0.325 e. The van der Waals surface area contributed by atoms with Crippen LogP contribution in [0.15, 0.2) is 84.9 Å². The Morgan fingerprint density at radius 1 is 0.778 bits per heavy atom. The van der Waals surface area contributed by atoms with Gasteiger partial charge in [0, 0.05) is 42.2 Å². The Morgan fingerprint density at radius 2 is 1.44 bits per heavy atom. The molecule has 0 unspecified atom stereocenters. The van der Waals surface area contributed by atoms with Crippen molar-refractivity contribution in [1.29, 1.82) is 0 Å². The summed E-state index contributed by atoms with van der Waals surface area (Å²) in [5.74, 6) is -0.580. The summed E-state index contributed by atoms with van der Waals surface area (Å²) in [7, 11) is 0. The van der Waals surface area contributed by atoms with E-state index in [1.807, 2.05) is 6.07 Å². The number of carbonyl (C=O) groups excluding carboxylic acids is 3. The van der Waals surface area contributed by atoms with Gasteiger partial charge in [-0.15, -0.1) is 0 Å². The van der Waals surface area contributed by atoms with E-state index in [2.05, 4.69) is 46.6 Å². The zero-order valence-electron chi connectivity index (χ0n) is 19.9. The molecular weight excluding hydrogens is 448 g/mol. The normalized spacial score (nSPS) is 14.6. The van der Waals surface area contributed by atoms with Crippen molar-refractivity contribution in [1.82, 2.24) is 4.90 Å². The molecule has 0 saturated heterocycles. The molecule has 1 N–H and O–H groups in total. The van der Waals surface area contributed by atoms with E-state index in [9.17, 15) is 14.4 Å². The third-order valence-electron chi connectivity index (χ3n) is 7.17. The van der Waals surface area contributed by atoms with E-state index in [0.29, 0.717) is 41.4 Å². The van der Waals surface area contributed by atoms with E-state index in [-0.39, 0.29) is 23.0 Å².